The number of nitrogens with zero attached hydrogens (tertiary/aromatic N) is 1. The second-order valence-electron chi connectivity index (χ2n) is 8.97. The summed E-state index contributed by atoms with van der Waals surface area (Å²) in [5, 5.41) is 9.29. The van der Waals surface area contributed by atoms with E-state index >= 15 is 0 Å². The summed E-state index contributed by atoms with van der Waals surface area (Å²) in [6.07, 6.45) is 7.20. The molecule has 0 saturated carbocycles. The first-order valence-corrected chi connectivity index (χ1v) is 12.6. The number of amides is 3. The van der Waals surface area contributed by atoms with Crippen LogP contribution in [0.3, 0.4) is 0 Å². The van der Waals surface area contributed by atoms with Crippen LogP contribution < -0.4 is 21.7 Å². The Balaban J connectivity index is 1.40. The molecule has 3 amide bonds. The van der Waals surface area contributed by atoms with Gasteiger partial charge in [0.15, 0.2) is 0 Å². The molecule has 3 rings (SSSR count). The summed E-state index contributed by atoms with van der Waals surface area (Å²) in [4.78, 5) is 26.8. The summed E-state index contributed by atoms with van der Waals surface area (Å²) in [6, 6.07) is 15.7. The van der Waals surface area contributed by atoms with Crippen molar-refractivity contribution in [1.82, 2.24) is 10.2 Å². The lowest BCUT2D eigenvalue weighted by Gasteiger charge is -2.33. The van der Waals surface area contributed by atoms with Gasteiger partial charge in [0.2, 0.25) is 0 Å². The summed E-state index contributed by atoms with van der Waals surface area (Å²) in [5.41, 5.74) is 9.30. The SMILES string of the molecule is CCCCCCNC(=O)Nc1ccc(C(=O)N2CCC(Nc3ccc(CCN)cc3)CC2)cc1. The van der Waals surface area contributed by atoms with Crippen molar-refractivity contribution in [2.45, 2.75) is 57.9 Å². The Morgan fingerprint density at radius 2 is 1.62 bits per heavy atom. The number of carbonyl (C=O) groups is 2. The normalized spacial score (nSPS) is 14.0. The predicted octanol–water partition coefficient (Wildman–Crippen LogP) is 4.61. The topological polar surface area (TPSA) is 99.5 Å². The van der Waals surface area contributed by atoms with E-state index in [0.717, 1.165) is 50.9 Å². The first kappa shape index (κ1) is 25.6. The third kappa shape index (κ3) is 8.06. The van der Waals surface area contributed by atoms with Crippen LogP contribution in [-0.2, 0) is 6.42 Å². The van der Waals surface area contributed by atoms with Crippen molar-refractivity contribution >= 4 is 23.3 Å². The van der Waals surface area contributed by atoms with E-state index in [1.807, 2.05) is 4.90 Å². The highest BCUT2D eigenvalue weighted by atomic mass is 16.2. The zero-order valence-corrected chi connectivity index (χ0v) is 20.3. The monoisotopic (exact) mass is 465 g/mol. The fraction of sp³-hybridized carbons (Fsp3) is 0.481. The van der Waals surface area contributed by atoms with Gasteiger partial charge in [0, 0.05) is 42.6 Å². The van der Waals surface area contributed by atoms with E-state index in [-0.39, 0.29) is 11.9 Å². The molecule has 7 nitrogen and oxygen atoms in total. The van der Waals surface area contributed by atoms with Gasteiger partial charge in [0.05, 0.1) is 0 Å². The molecule has 5 N–H and O–H groups in total. The number of anilines is 2. The van der Waals surface area contributed by atoms with Gasteiger partial charge in [0.1, 0.15) is 0 Å². The smallest absolute Gasteiger partial charge is 0.319 e. The van der Waals surface area contributed by atoms with Crippen LogP contribution in [0.2, 0.25) is 0 Å². The number of likely N-dealkylation sites (tertiary alicyclic amines) is 1. The van der Waals surface area contributed by atoms with Gasteiger partial charge in [-0.1, -0.05) is 38.3 Å². The molecule has 1 aliphatic rings. The lowest BCUT2D eigenvalue weighted by molar-refractivity contribution is 0.0718. The van der Waals surface area contributed by atoms with E-state index in [1.165, 1.54) is 18.4 Å². The number of hydrogen-bond acceptors (Lipinski definition) is 4. The molecule has 1 saturated heterocycles. The van der Waals surface area contributed by atoms with Crippen molar-refractivity contribution in [2.75, 3.05) is 36.8 Å². The van der Waals surface area contributed by atoms with Gasteiger partial charge in [-0.05, 0) is 74.2 Å². The summed E-state index contributed by atoms with van der Waals surface area (Å²) in [6.45, 7) is 4.95. The molecule has 184 valence electrons. The number of carbonyl (C=O) groups excluding carboxylic acids is 2. The maximum atomic E-state index is 12.9. The van der Waals surface area contributed by atoms with Crippen LogP contribution in [0.4, 0.5) is 16.2 Å². The van der Waals surface area contributed by atoms with E-state index in [2.05, 4.69) is 47.1 Å². The Kier molecular flexibility index (Phi) is 10.2. The van der Waals surface area contributed by atoms with Gasteiger partial charge in [-0.25, -0.2) is 4.79 Å². The van der Waals surface area contributed by atoms with E-state index in [0.29, 0.717) is 30.4 Å². The van der Waals surface area contributed by atoms with Gasteiger partial charge >= 0.3 is 6.03 Å². The zero-order valence-electron chi connectivity index (χ0n) is 20.3. The number of rotatable bonds is 11. The highest BCUT2D eigenvalue weighted by molar-refractivity contribution is 5.95. The Morgan fingerprint density at radius 1 is 0.941 bits per heavy atom. The molecule has 0 bridgehead atoms. The highest BCUT2D eigenvalue weighted by Crippen LogP contribution is 2.20. The summed E-state index contributed by atoms with van der Waals surface area (Å²) in [7, 11) is 0. The molecule has 2 aromatic rings. The molecule has 0 aromatic heterocycles. The van der Waals surface area contributed by atoms with Gasteiger partial charge in [-0.2, -0.15) is 0 Å². The molecule has 34 heavy (non-hydrogen) atoms. The standard InChI is InChI=1S/C27H39N5O2/c1-2-3-4-5-18-29-27(34)31-24-12-8-22(9-13-24)26(33)32-19-15-25(16-20-32)30-23-10-6-21(7-11-23)14-17-28/h6-13,25,30H,2-5,14-20,28H2,1H3,(H2,29,31,34). The average molecular weight is 466 g/mol. The fourth-order valence-corrected chi connectivity index (χ4v) is 4.20. The Labute approximate surface area is 203 Å². The minimum Gasteiger partial charge on any atom is -0.382 e. The Bertz CT molecular complexity index is 890. The van der Waals surface area contributed by atoms with Crippen molar-refractivity contribution in [1.29, 1.82) is 0 Å². The van der Waals surface area contributed by atoms with Crippen LogP contribution in [-0.4, -0.2) is 49.1 Å². The van der Waals surface area contributed by atoms with Gasteiger partial charge < -0.3 is 26.6 Å². The molecule has 1 heterocycles. The maximum Gasteiger partial charge on any atom is 0.319 e. The van der Waals surface area contributed by atoms with E-state index < -0.39 is 0 Å². The number of nitrogens with two attached hydrogens (primary N) is 1. The summed E-state index contributed by atoms with van der Waals surface area (Å²) < 4.78 is 0. The second kappa shape index (κ2) is 13.6. The lowest BCUT2D eigenvalue weighted by Crippen LogP contribution is -2.42. The van der Waals surface area contributed by atoms with Gasteiger partial charge in [-0.15, -0.1) is 0 Å². The molecular formula is C27H39N5O2. The molecule has 0 radical (unpaired) electrons. The number of nitrogens with one attached hydrogen (secondary N) is 3. The molecule has 0 atom stereocenters. The van der Waals surface area contributed by atoms with Crippen LogP contribution in [0.15, 0.2) is 48.5 Å². The fourth-order valence-electron chi connectivity index (χ4n) is 4.20. The van der Waals surface area contributed by atoms with Crippen LogP contribution in [0.5, 0.6) is 0 Å². The molecular weight excluding hydrogens is 426 g/mol. The summed E-state index contributed by atoms with van der Waals surface area (Å²) in [5.74, 6) is 0.0384. The second-order valence-corrected chi connectivity index (χ2v) is 8.97. The van der Waals surface area contributed by atoms with E-state index in [1.54, 1.807) is 24.3 Å². The van der Waals surface area contributed by atoms with E-state index in [4.69, 9.17) is 5.73 Å². The Hall–Kier alpha value is -3.06. The average Bonchev–Trinajstić information content (AvgIpc) is 2.86. The molecule has 0 spiro atoms. The van der Waals surface area contributed by atoms with Crippen LogP contribution in [0.25, 0.3) is 0 Å². The third-order valence-corrected chi connectivity index (χ3v) is 6.25. The molecule has 7 heteroatoms. The molecule has 2 aromatic carbocycles. The number of urea groups is 1. The molecule has 0 aliphatic carbocycles. The van der Waals surface area contributed by atoms with Crippen molar-refractivity contribution in [3.05, 3.63) is 59.7 Å². The number of unbranched alkanes of at least 4 members (excludes halogenated alkanes) is 3. The maximum absolute atomic E-state index is 12.9. The van der Waals surface area contributed by atoms with Crippen LogP contribution in [0.1, 0.15) is 61.4 Å². The van der Waals surface area contributed by atoms with Crippen molar-refractivity contribution in [2.24, 2.45) is 5.73 Å². The minimum atomic E-state index is -0.209. The largest absolute Gasteiger partial charge is 0.382 e. The van der Waals surface area contributed by atoms with Crippen LogP contribution in [0, 0.1) is 0 Å². The van der Waals surface area contributed by atoms with Crippen molar-refractivity contribution in [3.8, 4) is 0 Å². The van der Waals surface area contributed by atoms with Crippen molar-refractivity contribution in [3.63, 3.8) is 0 Å². The first-order valence-electron chi connectivity index (χ1n) is 12.6. The zero-order chi connectivity index (χ0) is 24.2. The van der Waals surface area contributed by atoms with E-state index in [9.17, 15) is 9.59 Å². The van der Waals surface area contributed by atoms with Gasteiger partial charge in [-0.3, -0.25) is 4.79 Å². The number of hydrogen-bond donors (Lipinski definition) is 4. The highest BCUT2D eigenvalue weighted by Gasteiger charge is 2.23. The van der Waals surface area contributed by atoms with Crippen molar-refractivity contribution < 1.29 is 9.59 Å². The number of benzene rings is 2. The lowest BCUT2D eigenvalue weighted by atomic mass is 10.0. The summed E-state index contributed by atoms with van der Waals surface area (Å²) >= 11 is 0. The molecule has 1 aliphatic heterocycles. The number of piperidine rings is 1. The minimum absolute atomic E-state index is 0.0384. The quantitative estimate of drug-likeness (QED) is 0.364. The third-order valence-electron chi connectivity index (χ3n) is 6.25. The Morgan fingerprint density at radius 3 is 2.26 bits per heavy atom. The molecule has 0 unspecified atom stereocenters. The van der Waals surface area contributed by atoms with Crippen LogP contribution >= 0.6 is 0 Å². The van der Waals surface area contributed by atoms with Gasteiger partial charge in [0.25, 0.3) is 5.91 Å². The first-order chi connectivity index (χ1) is 16.6. The predicted molar refractivity (Wildman–Crippen MR) is 139 cm³/mol. The molecule has 1 fully saturated rings.